The molecule has 0 radical (unpaired) electrons. The highest BCUT2D eigenvalue weighted by Crippen LogP contribution is 2.20. The molecule has 0 spiro atoms. The van der Waals surface area contributed by atoms with Crippen molar-refractivity contribution in [1.29, 1.82) is 0 Å². The van der Waals surface area contributed by atoms with Crippen molar-refractivity contribution in [3.63, 3.8) is 0 Å². The van der Waals surface area contributed by atoms with E-state index < -0.39 is 20.5 Å². The molecule has 1 unspecified atom stereocenters. The molecule has 0 fully saturated rings. The fraction of sp³-hybridized carbons (Fsp3) is 0.364. The molecule has 0 heterocycles. The van der Waals surface area contributed by atoms with Crippen molar-refractivity contribution in [2.24, 2.45) is 0 Å². The van der Waals surface area contributed by atoms with Crippen LogP contribution >= 0.6 is 11.6 Å². The van der Waals surface area contributed by atoms with E-state index in [4.69, 9.17) is 17.3 Å². The van der Waals surface area contributed by atoms with Crippen molar-refractivity contribution in [2.45, 2.75) is 11.6 Å². The Morgan fingerprint density at radius 1 is 1.53 bits per heavy atom. The molecule has 1 atom stereocenters. The largest absolute Gasteiger partial charge is 0.506 e. The molecule has 0 aromatic heterocycles. The number of nitrogens with two attached hydrogens (primary N) is 1. The Morgan fingerprint density at radius 3 is 2.68 bits per heavy atom. The molecule has 1 rings (SSSR count). The highest BCUT2D eigenvalue weighted by Gasteiger charge is 2.18. The van der Waals surface area contributed by atoms with Crippen LogP contribution in [-0.2, 0) is 9.84 Å². The molecule has 0 bridgehead atoms. The molecule has 19 heavy (non-hydrogen) atoms. The summed E-state index contributed by atoms with van der Waals surface area (Å²) in [4.78, 5) is 11.7. The normalized spacial score (nSPS) is 12.9. The summed E-state index contributed by atoms with van der Waals surface area (Å²) in [5.74, 6) is -0.823. The SMILES string of the molecule is CC(Cl)S(=O)(=O)CCNC(=O)c1ccc(O)c(N)c1. The molecule has 4 N–H and O–H groups in total. The molecule has 0 aliphatic carbocycles. The Labute approximate surface area is 116 Å². The molecule has 0 saturated heterocycles. The van der Waals surface area contributed by atoms with Gasteiger partial charge in [-0.05, 0) is 25.1 Å². The summed E-state index contributed by atoms with van der Waals surface area (Å²) in [6, 6.07) is 3.99. The fourth-order valence-electron chi connectivity index (χ4n) is 1.27. The molecule has 1 aromatic carbocycles. The molecule has 0 saturated carbocycles. The number of phenolic OH excluding ortho intramolecular Hbond substituents is 1. The second kappa shape index (κ2) is 6.12. The van der Waals surface area contributed by atoms with Gasteiger partial charge in [-0.3, -0.25) is 4.79 Å². The minimum atomic E-state index is -3.40. The number of benzene rings is 1. The molecule has 6 nitrogen and oxygen atoms in total. The minimum absolute atomic E-state index is 0.0427. The summed E-state index contributed by atoms with van der Waals surface area (Å²) in [5.41, 5.74) is 5.77. The highest BCUT2D eigenvalue weighted by molar-refractivity contribution is 7.93. The zero-order chi connectivity index (χ0) is 14.6. The number of carbonyl (C=O) groups excluding carboxylic acids is 1. The van der Waals surface area contributed by atoms with Gasteiger partial charge in [0.15, 0.2) is 9.84 Å². The topological polar surface area (TPSA) is 109 Å². The average molecular weight is 307 g/mol. The number of nitrogens with one attached hydrogen (secondary N) is 1. The van der Waals surface area contributed by atoms with Gasteiger partial charge >= 0.3 is 0 Å². The molecule has 1 amide bonds. The Kier molecular flexibility index (Phi) is 5.02. The lowest BCUT2D eigenvalue weighted by Crippen LogP contribution is -2.31. The highest BCUT2D eigenvalue weighted by atomic mass is 35.5. The molecular weight excluding hydrogens is 292 g/mol. The number of amides is 1. The lowest BCUT2D eigenvalue weighted by atomic mass is 10.2. The van der Waals surface area contributed by atoms with Crippen molar-refractivity contribution in [3.05, 3.63) is 23.8 Å². The predicted molar refractivity (Wildman–Crippen MR) is 74.0 cm³/mol. The van der Waals surface area contributed by atoms with Crippen LogP contribution in [0.3, 0.4) is 0 Å². The first-order valence-corrected chi connectivity index (χ1v) is 7.61. The molecule has 1 aromatic rings. The number of halogens is 1. The molecule has 106 valence electrons. The lowest BCUT2D eigenvalue weighted by molar-refractivity contribution is 0.0956. The number of hydrogen-bond donors (Lipinski definition) is 3. The Bertz CT molecular complexity index is 572. The third kappa shape index (κ3) is 4.29. The van der Waals surface area contributed by atoms with E-state index in [1.54, 1.807) is 0 Å². The van der Waals surface area contributed by atoms with Crippen LogP contribution in [0.2, 0.25) is 0 Å². The number of hydrogen-bond acceptors (Lipinski definition) is 5. The standard InChI is InChI=1S/C11H15ClN2O4S/c1-7(12)19(17,18)5-4-14-11(16)8-2-3-10(15)9(13)6-8/h2-3,6-7,15H,4-5,13H2,1H3,(H,14,16). The van der Waals surface area contributed by atoms with E-state index in [-0.39, 0.29) is 29.3 Å². The summed E-state index contributed by atoms with van der Waals surface area (Å²) < 4.78 is 21.8. The minimum Gasteiger partial charge on any atom is -0.506 e. The first kappa shape index (κ1) is 15.6. The van der Waals surface area contributed by atoms with Gasteiger partial charge in [0, 0.05) is 12.1 Å². The third-order valence-corrected chi connectivity index (χ3v) is 5.03. The van der Waals surface area contributed by atoms with Crippen LogP contribution in [0.1, 0.15) is 17.3 Å². The van der Waals surface area contributed by atoms with Crippen LogP contribution in [-0.4, -0.2) is 36.4 Å². The second-order valence-corrected chi connectivity index (χ2v) is 7.29. The Balaban J connectivity index is 2.59. The van der Waals surface area contributed by atoms with Crippen molar-refractivity contribution < 1.29 is 18.3 Å². The van der Waals surface area contributed by atoms with E-state index in [9.17, 15) is 18.3 Å². The fourth-order valence-corrected chi connectivity index (χ4v) is 2.25. The zero-order valence-electron chi connectivity index (χ0n) is 10.3. The van der Waals surface area contributed by atoms with Crippen LogP contribution < -0.4 is 11.1 Å². The van der Waals surface area contributed by atoms with E-state index >= 15 is 0 Å². The summed E-state index contributed by atoms with van der Waals surface area (Å²) >= 11 is 5.49. The van der Waals surface area contributed by atoms with Gasteiger partial charge in [-0.2, -0.15) is 0 Å². The van der Waals surface area contributed by atoms with Crippen molar-refractivity contribution in [3.8, 4) is 5.75 Å². The quantitative estimate of drug-likeness (QED) is 0.421. The predicted octanol–water partition coefficient (Wildman–Crippen LogP) is 0.704. The van der Waals surface area contributed by atoms with Crippen molar-refractivity contribution in [2.75, 3.05) is 18.0 Å². The maximum atomic E-state index is 11.7. The first-order valence-electron chi connectivity index (χ1n) is 5.46. The van der Waals surface area contributed by atoms with Gasteiger partial charge in [0.05, 0.1) is 11.4 Å². The van der Waals surface area contributed by atoms with Gasteiger partial charge in [-0.25, -0.2) is 8.42 Å². The summed E-state index contributed by atoms with van der Waals surface area (Å²) in [7, 11) is -3.40. The van der Waals surface area contributed by atoms with Crippen LogP contribution in [0, 0.1) is 0 Å². The van der Waals surface area contributed by atoms with E-state index in [1.165, 1.54) is 25.1 Å². The monoisotopic (exact) mass is 306 g/mol. The van der Waals surface area contributed by atoms with E-state index in [0.29, 0.717) is 0 Å². The first-order chi connectivity index (χ1) is 8.74. The molecular formula is C11H15ClN2O4S. The third-order valence-electron chi connectivity index (χ3n) is 2.46. The number of alkyl halides is 1. The summed E-state index contributed by atoms with van der Waals surface area (Å²) in [6.45, 7) is 1.32. The molecule has 0 aliphatic heterocycles. The maximum Gasteiger partial charge on any atom is 0.251 e. The Morgan fingerprint density at radius 2 is 2.16 bits per heavy atom. The number of anilines is 1. The summed E-state index contributed by atoms with van der Waals surface area (Å²) in [6.07, 6.45) is 0. The number of aromatic hydroxyl groups is 1. The Hall–Kier alpha value is -1.47. The van der Waals surface area contributed by atoms with Gasteiger partial charge in [-0.1, -0.05) is 0 Å². The second-order valence-electron chi connectivity index (χ2n) is 3.94. The van der Waals surface area contributed by atoms with Crippen LogP contribution in [0.25, 0.3) is 0 Å². The molecule has 0 aliphatic rings. The van der Waals surface area contributed by atoms with Crippen LogP contribution in [0.15, 0.2) is 18.2 Å². The van der Waals surface area contributed by atoms with Crippen molar-refractivity contribution in [1.82, 2.24) is 5.32 Å². The number of phenols is 1. The van der Waals surface area contributed by atoms with E-state index in [1.807, 2.05) is 0 Å². The number of rotatable bonds is 5. The maximum absolute atomic E-state index is 11.7. The van der Waals surface area contributed by atoms with Gasteiger partial charge in [0.2, 0.25) is 0 Å². The van der Waals surface area contributed by atoms with Crippen LogP contribution in [0.5, 0.6) is 5.75 Å². The summed E-state index contributed by atoms with van der Waals surface area (Å²) in [5, 5.41) is 11.7. The van der Waals surface area contributed by atoms with E-state index in [0.717, 1.165) is 0 Å². The molecule has 8 heteroatoms. The zero-order valence-corrected chi connectivity index (χ0v) is 11.8. The van der Waals surface area contributed by atoms with Gasteiger partial charge in [0.25, 0.3) is 5.91 Å². The van der Waals surface area contributed by atoms with Crippen molar-refractivity contribution >= 4 is 33.0 Å². The van der Waals surface area contributed by atoms with Crippen LogP contribution in [0.4, 0.5) is 5.69 Å². The number of sulfone groups is 1. The number of carbonyl (C=O) groups is 1. The van der Waals surface area contributed by atoms with Gasteiger partial charge < -0.3 is 16.2 Å². The number of nitrogen functional groups attached to an aromatic ring is 1. The van der Waals surface area contributed by atoms with Gasteiger partial charge in [0.1, 0.15) is 10.5 Å². The van der Waals surface area contributed by atoms with E-state index in [2.05, 4.69) is 5.32 Å². The van der Waals surface area contributed by atoms with Gasteiger partial charge in [-0.15, -0.1) is 11.6 Å². The average Bonchev–Trinajstić information content (AvgIpc) is 2.32. The lowest BCUT2D eigenvalue weighted by Gasteiger charge is -2.08. The smallest absolute Gasteiger partial charge is 0.251 e.